The standard InChI is InChI=1S/C10H21NO/c1-3-4-10(12)7-11-9-5-8(2)6-9/h8-12H,3-7H2,1-2H3. The third-order valence-electron chi connectivity index (χ3n) is 2.64. The Labute approximate surface area is 75.4 Å². The molecule has 1 saturated carbocycles. The van der Waals surface area contributed by atoms with Gasteiger partial charge in [0.05, 0.1) is 6.10 Å². The molecule has 1 aliphatic carbocycles. The lowest BCUT2D eigenvalue weighted by atomic mass is 9.82. The van der Waals surface area contributed by atoms with Gasteiger partial charge in [-0.1, -0.05) is 20.3 Å². The highest BCUT2D eigenvalue weighted by Crippen LogP contribution is 2.26. The quantitative estimate of drug-likeness (QED) is 0.657. The van der Waals surface area contributed by atoms with Crippen LogP contribution in [0.25, 0.3) is 0 Å². The third kappa shape index (κ3) is 3.11. The molecule has 0 radical (unpaired) electrons. The average Bonchev–Trinajstić information content (AvgIpc) is 1.96. The van der Waals surface area contributed by atoms with E-state index in [0.717, 1.165) is 25.3 Å². The Morgan fingerprint density at radius 2 is 2.17 bits per heavy atom. The monoisotopic (exact) mass is 171 g/mol. The summed E-state index contributed by atoms with van der Waals surface area (Å²) in [6, 6.07) is 0.687. The summed E-state index contributed by atoms with van der Waals surface area (Å²) in [4.78, 5) is 0. The first kappa shape index (κ1) is 10.0. The van der Waals surface area contributed by atoms with Gasteiger partial charge >= 0.3 is 0 Å². The van der Waals surface area contributed by atoms with Crippen molar-refractivity contribution in [3.8, 4) is 0 Å². The van der Waals surface area contributed by atoms with Crippen molar-refractivity contribution in [2.75, 3.05) is 6.54 Å². The lowest BCUT2D eigenvalue weighted by molar-refractivity contribution is 0.139. The van der Waals surface area contributed by atoms with Gasteiger partial charge in [0, 0.05) is 12.6 Å². The van der Waals surface area contributed by atoms with Gasteiger partial charge in [-0.2, -0.15) is 0 Å². The summed E-state index contributed by atoms with van der Waals surface area (Å²) in [5.41, 5.74) is 0. The van der Waals surface area contributed by atoms with Gasteiger partial charge in [-0.05, 0) is 25.2 Å². The van der Waals surface area contributed by atoms with Crippen molar-refractivity contribution in [1.29, 1.82) is 0 Å². The van der Waals surface area contributed by atoms with Crippen LogP contribution < -0.4 is 5.32 Å². The van der Waals surface area contributed by atoms with Gasteiger partial charge in [0.2, 0.25) is 0 Å². The zero-order chi connectivity index (χ0) is 8.97. The van der Waals surface area contributed by atoms with Gasteiger partial charge in [0.15, 0.2) is 0 Å². The molecular weight excluding hydrogens is 150 g/mol. The molecule has 0 heterocycles. The fraction of sp³-hybridized carbons (Fsp3) is 1.00. The van der Waals surface area contributed by atoms with Crippen molar-refractivity contribution in [2.24, 2.45) is 5.92 Å². The van der Waals surface area contributed by atoms with E-state index in [4.69, 9.17) is 0 Å². The lowest BCUT2D eigenvalue weighted by Gasteiger charge is -2.34. The van der Waals surface area contributed by atoms with Crippen LogP contribution in [0, 0.1) is 5.92 Å². The zero-order valence-electron chi connectivity index (χ0n) is 8.21. The number of aliphatic hydroxyl groups excluding tert-OH is 1. The summed E-state index contributed by atoms with van der Waals surface area (Å²) in [7, 11) is 0. The maximum absolute atomic E-state index is 9.42. The van der Waals surface area contributed by atoms with Gasteiger partial charge < -0.3 is 10.4 Å². The zero-order valence-corrected chi connectivity index (χ0v) is 8.21. The minimum Gasteiger partial charge on any atom is -0.392 e. The highest BCUT2D eigenvalue weighted by molar-refractivity contribution is 4.82. The van der Waals surface area contributed by atoms with Gasteiger partial charge in [0.1, 0.15) is 0 Å². The summed E-state index contributed by atoms with van der Waals surface area (Å²) < 4.78 is 0. The smallest absolute Gasteiger partial charge is 0.0664 e. The number of hydrogen-bond donors (Lipinski definition) is 2. The highest BCUT2D eigenvalue weighted by atomic mass is 16.3. The van der Waals surface area contributed by atoms with Crippen LogP contribution >= 0.6 is 0 Å². The second kappa shape index (κ2) is 4.83. The molecule has 2 heteroatoms. The topological polar surface area (TPSA) is 32.3 Å². The Hall–Kier alpha value is -0.0800. The van der Waals surface area contributed by atoms with Crippen LogP contribution in [0.3, 0.4) is 0 Å². The number of aliphatic hydroxyl groups is 1. The minimum atomic E-state index is -0.133. The van der Waals surface area contributed by atoms with Crippen molar-refractivity contribution in [3.05, 3.63) is 0 Å². The molecule has 0 aromatic heterocycles. The summed E-state index contributed by atoms with van der Waals surface area (Å²) in [5.74, 6) is 0.894. The molecule has 0 aromatic carbocycles. The summed E-state index contributed by atoms with van der Waals surface area (Å²) in [6.45, 7) is 5.17. The fourth-order valence-electron chi connectivity index (χ4n) is 1.81. The van der Waals surface area contributed by atoms with E-state index in [0.29, 0.717) is 6.04 Å². The van der Waals surface area contributed by atoms with Crippen LogP contribution in [0.1, 0.15) is 39.5 Å². The molecule has 1 aliphatic rings. The predicted molar refractivity (Wildman–Crippen MR) is 51.1 cm³/mol. The summed E-state index contributed by atoms with van der Waals surface area (Å²) in [6.07, 6.45) is 4.45. The van der Waals surface area contributed by atoms with E-state index < -0.39 is 0 Å². The van der Waals surface area contributed by atoms with Gasteiger partial charge in [-0.3, -0.25) is 0 Å². The molecule has 2 N–H and O–H groups in total. The van der Waals surface area contributed by atoms with Crippen LogP contribution in [0.5, 0.6) is 0 Å². The molecule has 0 aliphatic heterocycles. The minimum absolute atomic E-state index is 0.133. The van der Waals surface area contributed by atoms with Crippen molar-refractivity contribution >= 4 is 0 Å². The first-order valence-electron chi connectivity index (χ1n) is 5.13. The molecule has 1 rings (SSSR count). The van der Waals surface area contributed by atoms with E-state index in [9.17, 15) is 5.11 Å². The Morgan fingerprint density at radius 3 is 2.67 bits per heavy atom. The molecular formula is C10H21NO. The van der Waals surface area contributed by atoms with Crippen molar-refractivity contribution in [2.45, 2.75) is 51.7 Å². The number of hydrogen-bond acceptors (Lipinski definition) is 2. The second-order valence-corrected chi connectivity index (χ2v) is 4.12. The largest absolute Gasteiger partial charge is 0.392 e. The van der Waals surface area contributed by atoms with E-state index >= 15 is 0 Å². The van der Waals surface area contributed by atoms with Crippen LogP contribution in [0.15, 0.2) is 0 Å². The van der Waals surface area contributed by atoms with Gasteiger partial charge in [0.25, 0.3) is 0 Å². The van der Waals surface area contributed by atoms with Gasteiger partial charge in [-0.15, -0.1) is 0 Å². The van der Waals surface area contributed by atoms with Crippen molar-refractivity contribution in [1.82, 2.24) is 5.32 Å². The number of rotatable bonds is 5. The lowest BCUT2D eigenvalue weighted by Crippen LogP contribution is -2.43. The molecule has 2 nitrogen and oxygen atoms in total. The average molecular weight is 171 g/mol. The number of nitrogens with one attached hydrogen (secondary N) is 1. The van der Waals surface area contributed by atoms with Crippen molar-refractivity contribution < 1.29 is 5.11 Å². The van der Waals surface area contributed by atoms with E-state index in [1.807, 2.05) is 0 Å². The summed E-state index contributed by atoms with van der Waals surface area (Å²) >= 11 is 0. The normalized spacial score (nSPS) is 31.2. The van der Waals surface area contributed by atoms with Crippen molar-refractivity contribution in [3.63, 3.8) is 0 Å². The Morgan fingerprint density at radius 1 is 1.50 bits per heavy atom. The molecule has 12 heavy (non-hydrogen) atoms. The summed E-state index contributed by atoms with van der Waals surface area (Å²) in [5, 5.41) is 12.8. The van der Waals surface area contributed by atoms with Crippen LogP contribution in [-0.2, 0) is 0 Å². The Kier molecular flexibility index (Phi) is 4.02. The van der Waals surface area contributed by atoms with E-state index in [2.05, 4.69) is 19.2 Å². The molecule has 0 spiro atoms. The maximum atomic E-state index is 9.42. The molecule has 0 aromatic rings. The molecule has 0 bridgehead atoms. The highest BCUT2D eigenvalue weighted by Gasteiger charge is 2.24. The Bertz CT molecular complexity index is 116. The SMILES string of the molecule is CCCC(O)CNC1CC(C)C1. The first-order chi connectivity index (χ1) is 5.72. The predicted octanol–water partition coefficient (Wildman–Crippen LogP) is 1.54. The fourth-order valence-corrected chi connectivity index (χ4v) is 1.81. The van der Waals surface area contributed by atoms with Crippen LogP contribution in [0.4, 0.5) is 0 Å². The van der Waals surface area contributed by atoms with Crippen LogP contribution in [-0.4, -0.2) is 23.8 Å². The van der Waals surface area contributed by atoms with E-state index in [1.54, 1.807) is 0 Å². The van der Waals surface area contributed by atoms with Crippen LogP contribution in [0.2, 0.25) is 0 Å². The molecule has 1 fully saturated rings. The first-order valence-corrected chi connectivity index (χ1v) is 5.13. The molecule has 1 unspecified atom stereocenters. The van der Waals surface area contributed by atoms with E-state index in [-0.39, 0.29) is 6.10 Å². The second-order valence-electron chi connectivity index (χ2n) is 4.12. The Balaban J connectivity index is 1.95. The molecule has 72 valence electrons. The molecule has 1 atom stereocenters. The van der Waals surface area contributed by atoms with E-state index in [1.165, 1.54) is 12.8 Å². The molecule has 0 saturated heterocycles. The third-order valence-corrected chi connectivity index (χ3v) is 2.64. The van der Waals surface area contributed by atoms with Gasteiger partial charge in [-0.25, -0.2) is 0 Å². The maximum Gasteiger partial charge on any atom is 0.0664 e. The molecule has 0 amide bonds.